The molecule has 0 aliphatic heterocycles. The van der Waals surface area contributed by atoms with E-state index in [0.29, 0.717) is 17.0 Å². The summed E-state index contributed by atoms with van der Waals surface area (Å²) in [4.78, 5) is 4.00. The van der Waals surface area contributed by atoms with Gasteiger partial charge in [0.15, 0.2) is 0 Å². The Kier molecular flexibility index (Phi) is 3.90. The van der Waals surface area contributed by atoms with Crippen molar-refractivity contribution in [3.8, 4) is 5.75 Å². The topological polar surface area (TPSA) is 53.4 Å². The molecule has 0 atom stereocenters. The summed E-state index contributed by atoms with van der Waals surface area (Å²) in [6, 6.07) is 0. The summed E-state index contributed by atoms with van der Waals surface area (Å²) in [5, 5.41) is 18.6. The Morgan fingerprint density at radius 2 is 2.31 bits per heavy atom. The average molecular weight is 217 g/mol. The van der Waals surface area contributed by atoms with Crippen LogP contribution in [0.4, 0.5) is 0 Å². The molecule has 0 aliphatic rings. The van der Waals surface area contributed by atoms with Gasteiger partial charge in [0, 0.05) is 17.5 Å². The molecule has 5 heteroatoms. The van der Waals surface area contributed by atoms with Crippen LogP contribution in [0.5, 0.6) is 5.75 Å². The number of aryl methyl sites for hydroxylation is 1. The Morgan fingerprint density at radius 3 is 2.85 bits per heavy atom. The second-order valence-corrected chi connectivity index (χ2v) is 3.95. The van der Waals surface area contributed by atoms with Crippen LogP contribution in [0.3, 0.4) is 0 Å². The number of aromatic nitrogens is 1. The monoisotopic (exact) mass is 217 g/mol. The van der Waals surface area contributed by atoms with Crippen molar-refractivity contribution < 1.29 is 10.2 Å². The van der Waals surface area contributed by atoms with Crippen molar-refractivity contribution in [2.24, 2.45) is 0 Å². The van der Waals surface area contributed by atoms with Crippen LogP contribution in [0.2, 0.25) is 0 Å². The van der Waals surface area contributed by atoms with Crippen molar-refractivity contribution >= 4 is 22.5 Å². The minimum Gasteiger partial charge on any atom is -0.506 e. The highest BCUT2D eigenvalue weighted by Crippen LogP contribution is 2.27. The molecule has 1 heterocycles. The number of aliphatic hydroxyl groups excluding tert-OH is 1. The van der Waals surface area contributed by atoms with Crippen molar-refractivity contribution in [3.05, 3.63) is 23.0 Å². The predicted molar refractivity (Wildman–Crippen MR) is 56.8 cm³/mol. The van der Waals surface area contributed by atoms with Crippen molar-refractivity contribution in [3.63, 3.8) is 0 Å². The summed E-state index contributed by atoms with van der Waals surface area (Å²) in [6.45, 7) is 1.53. The molecule has 0 saturated carbocycles. The van der Waals surface area contributed by atoms with Gasteiger partial charge >= 0.3 is 0 Å². The maximum Gasteiger partial charge on any atom is 0.142 e. The molecule has 13 heavy (non-hydrogen) atoms. The van der Waals surface area contributed by atoms with Crippen LogP contribution in [0.1, 0.15) is 16.8 Å². The predicted octanol–water partition coefficient (Wildman–Crippen LogP) is 1.67. The van der Waals surface area contributed by atoms with Crippen molar-refractivity contribution in [2.75, 3.05) is 0 Å². The first kappa shape index (κ1) is 10.7. The molecule has 1 aromatic heterocycles. The van der Waals surface area contributed by atoms with E-state index < -0.39 is 0 Å². The molecule has 0 radical (unpaired) electrons. The summed E-state index contributed by atoms with van der Waals surface area (Å²) in [7, 11) is 1.33. The number of rotatable bonds is 3. The van der Waals surface area contributed by atoms with Gasteiger partial charge in [0.1, 0.15) is 5.75 Å². The highest BCUT2D eigenvalue weighted by molar-refractivity contribution is 8.68. The van der Waals surface area contributed by atoms with Gasteiger partial charge in [-0.1, -0.05) is 10.8 Å². The van der Waals surface area contributed by atoms with Gasteiger partial charge in [0.2, 0.25) is 0 Å². The summed E-state index contributed by atoms with van der Waals surface area (Å²) in [5.41, 5.74) is 1.91. The van der Waals surface area contributed by atoms with Crippen molar-refractivity contribution in [2.45, 2.75) is 19.3 Å². The van der Waals surface area contributed by atoms with E-state index in [9.17, 15) is 5.11 Å². The van der Waals surface area contributed by atoms with Gasteiger partial charge in [-0.2, -0.15) is 0 Å². The SMILES string of the molecule is Cc1ncc(CSS)c(CO)c1O. The number of pyridine rings is 1. The number of hydrogen-bond acceptors (Lipinski definition) is 5. The zero-order valence-corrected chi connectivity index (χ0v) is 8.90. The normalized spacial score (nSPS) is 10.4. The lowest BCUT2D eigenvalue weighted by Crippen LogP contribution is -1.96. The van der Waals surface area contributed by atoms with Crippen molar-refractivity contribution in [1.29, 1.82) is 0 Å². The zero-order valence-electron chi connectivity index (χ0n) is 7.19. The zero-order chi connectivity index (χ0) is 9.84. The van der Waals surface area contributed by atoms with Crippen molar-refractivity contribution in [1.82, 2.24) is 4.98 Å². The third kappa shape index (κ3) is 2.30. The van der Waals surface area contributed by atoms with E-state index in [-0.39, 0.29) is 12.4 Å². The molecular formula is C8H11NO2S2. The van der Waals surface area contributed by atoms with E-state index >= 15 is 0 Å². The lowest BCUT2D eigenvalue weighted by molar-refractivity contribution is 0.274. The fraction of sp³-hybridized carbons (Fsp3) is 0.375. The summed E-state index contributed by atoms with van der Waals surface area (Å²) in [5.74, 6) is 0.710. The van der Waals surface area contributed by atoms with E-state index in [1.807, 2.05) is 0 Å². The van der Waals surface area contributed by atoms with E-state index in [4.69, 9.17) is 5.11 Å². The third-order valence-electron chi connectivity index (χ3n) is 1.81. The molecule has 72 valence electrons. The lowest BCUT2D eigenvalue weighted by Gasteiger charge is -2.08. The molecule has 0 bridgehead atoms. The summed E-state index contributed by atoms with van der Waals surface area (Å²) >= 11 is 4.00. The van der Waals surface area contributed by atoms with Crippen LogP contribution in [-0.2, 0) is 12.4 Å². The Labute approximate surface area is 86.0 Å². The van der Waals surface area contributed by atoms with Crippen LogP contribution in [-0.4, -0.2) is 15.2 Å². The largest absolute Gasteiger partial charge is 0.506 e. The second kappa shape index (κ2) is 4.74. The van der Waals surface area contributed by atoms with Crippen LogP contribution >= 0.6 is 22.5 Å². The van der Waals surface area contributed by atoms with Gasteiger partial charge in [-0.05, 0) is 12.5 Å². The molecular weight excluding hydrogens is 206 g/mol. The Hall–Kier alpha value is -0.390. The fourth-order valence-electron chi connectivity index (χ4n) is 1.05. The molecule has 0 aromatic carbocycles. The Balaban J connectivity index is 3.13. The third-order valence-corrected chi connectivity index (χ3v) is 2.64. The van der Waals surface area contributed by atoms with Gasteiger partial charge in [0.05, 0.1) is 12.3 Å². The molecule has 0 unspecified atom stereocenters. The second-order valence-electron chi connectivity index (χ2n) is 2.63. The van der Waals surface area contributed by atoms with E-state index in [2.05, 4.69) is 16.6 Å². The van der Waals surface area contributed by atoms with Crippen LogP contribution in [0.25, 0.3) is 0 Å². The summed E-state index contributed by atoms with van der Waals surface area (Å²) in [6.07, 6.45) is 1.66. The van der Waals surface area contributed by atoms with Gasteiger partial charge in [-0.3, -0.25) is 4.98 Å². The number of aromatic hydroxyl groups is 1. The minimum absolute atomic E-state index is 0.0855. The molecule has 2 N–H and O–H groups in total. The maximum atomic E-state index is 9.55. The number of nitrogens with zero attached hydrogens (tertiary/aromatic N) is 1. The number of hydrogen-bond donors (Lipinski definition) is 3. The average Bonchev–Trinajstić information content (AvgIpc) is 2.12. The Bertz CT molecular complexity index is 304. The molecule has 1 rings (SSSR count). The van der Waals surface area contributed by atoms with Gasteiger partial charge in [0.25, 0.3) is 0 Å². The quantitative estimate of drug-likeness (QED) is 0.532. The highest BCUT2D eigenvalue weighted by atomic mass is 33.1. The molecule has 1 aromatic rings. The van der Waals surface area contributed by atoms with Gasteiger partial charge < -0.3 is 10.2 Å². The number of thiol groups is 1. The number of aliphatic hydroxyl groups is 1. The molecule has 0 saturated heterocycles. The first-order valence-corrected chi connectivity index (χ1v) is 5.78. The highest BCUT2D eigenvalue weighted by Gasteiger charge is 2.09. The lowest BCUT2D eigenvalue weighted by atomic mass is 10.1. The summed E-state index contributed by atoms with van der Waals surface area (Å²) < 4.78 is 0. The Morgan fingerprint density at radius 1 is 1.62 bits per heavy atom. The molecule has 0 spiro atoms. The molecule has 3 nitrogen and oxygen atoms in total. The first-order valence-electron chi connectivity index (χ1n) is 3.74. The molecule has 0 aliphatic carbocycles. The maximum absolute atomic E-state index is 9.55. The van der Waals surface area contributed by atoms with E-state index in [1.54, 1.807) is 13.1 Å². The standard InChI is InChI=1S/C8H11NO2S2/c1-5-8(11)7(3-10)6(2-9-5)4-13-12/h2,10-12H,3-4H2,1H3. The minimum atomic E-state index is -0.168. The van der Waals surface area contributed by atoms with Crippen LogP contribution in [0, 0.1) is 6.92 Å². The van der Waals surface area contributed by atoms with E-state index in [1.165, 1.54) is 10.8 Å². The van der Waals surface area contributed by atoms with Gasteiger partial charge in [-0.15, -0.1) is 11.7 Å². The molecule has 0 fully saturated rings. The van der Waals surface area contributed by atoms with E-state index in [0.717, 1.165) is 5.56 Å². The molecule has 0 amide bonds. The fourth-order valence-corrected chi connectivity index (χ4v) is 1.86. The van der Waals surface area contributed by atoms with Gasteiger partial charge in [-0.25, -0.2) is 0 Å². The van der Waals surface area contributed by atoms with Crippen LogP contribution < -0.4 is 0 Å². The van der Waals surface area contributed by atoms with Crippen LogP contribution in [0.15, 0.2) is 6.20 Å². The first-order chi connectivity index (χ1) is 6.20. The smallest absolute Gasteiger partial charge is 0.142 e.